The van der Waals surface area contributed by atoms with Crippen molar-refractivity contribution in [1.82, 2.24) is 4.90 Å². The van der Waals surface area contributed by atoms with Crippen LogP contribution in [0, 0.1) is 0 Å². The molecule has 0 bridgehead atoms. The smallest absolute Gasteiger partial charge is 0.223 e. The molecule has 2 aliphatic heterocycles. The van der Waals surface area contributed by atoms with Gasteiger partial charge in [0.15, 0.2) is 11.5 Å². The lowest BCUT2D eigenvalue weighted by Gasteiger charge is -2.27. The van der Waals surface area contributed by atoms with Gasteiger partial charge in [-0.2, -0.15) is 0 Å². The summed E-state index contributed by atoms with van der Waals surface area (Å²) in [5.41, 5.74) is 2.15. The Morgan fingerprint density at radius 3 is 2.48 bits per heavy atom. The second-order valence-electron chi connectivity index (χ2n) is 7.37. The van der Waals surface area contributed by atoms with Gasteiger partial charge in [-0.1, -0.05) is 6.07 Å². The molecule has 1 amide bonds. The van der Waals surface area contributed by atoms with Gasteiger partial charge in [-0.15, -0.1) is 0 Å². The zero-order valence-electron chi connectivity index (χ0n) is 17.0. The molecule has 1 fully saturated rings. The van der Waals surface area contributed by atoms with Crippen molar-refractivity contribution in [2.45, 2.75) is 31.7 Å². The number of fused-ring (bicyclic) bond motifs is 1. The van der Waals surface area contributed by atoms with E-state index in [4.69, 9.17) is 18.9 Å². The monoisotopic (exact) mass is 397 g/mol. The van der Waals surface area contributed by atoms with Gasteiger partial charge in [-0.05, 0) is 54.7 Å². The van der Waals surface area contributed by atoms with Crippen LogP contribution in [0.1, 0.15) is 36.4 Å². The summed E-state index contributed by atoms with van der Waals surface area (Å²) in [6, 6.07) is 11.9. The molecule has 6 heteroatoms. The molecule has 0 saturated carbocycles. The first-order valence-electron chi connectivity index (χ1n) is 10.1. The quantitative estimate of drug-likeness (QED) is 0.743. The zero-order valence-corrected chi connectivity index (χ0v) is 17.0. The average molecular weight is 397 g/mol. The minimum Gasteiger partial charge on any atom is -0.497 e. The molecule has 2 aromatic carbocycles. The molecule has 0 spiro atoms. The van der Waals surface area contributed by atoms with Crippen LogP contribution < -0.4 is 18.9 Å². The van der Waals surface area contributed by atoms with Crippen LogP contribution in [-0.4, -0.2) is 44.8 Å². The number of likely N-dealkylation sites (tertiary alicyclic amines) is 1. The first kappa shape index (κ1) is 19.4. The van der Waals surface area contributed by atoms with Crippen LogP contribution in [0.15, 0.2) is 36.4 Å². The minimum absolute atomic E-state index is 0.0955. The maximum absolute atomic E-state index is 13.0. The number of ether oxygens (including phenoxy) is 4. The van der Waals surface area contributed by atoms with E-state index < -0.39 is 0 Å². The van der Waals surface area contributed by atoms with Gasteiger partial charge in [0.1, 0.15) is 24.7 Å². The summed E-state index contributed by atoms with van der Waals surface area (Å²) < 4.78 is 22.0. The van der Waals surface area contributed by atoms with Gasteiger partial charge < -0.3 is 23.8 Å². The van der Waals surface area contributed by atoms with Crippen molar-refractivity contribution in [3.8, 4) is 23.0 Å². The highest BCUT2D eigenvalue weighted by molar-refractivity contribution is 5.77. The Hall–Kier alpha value is -2.89. The minimum atomic E-state index is 0.0955. The summed E-state index contributed by atoms with van der Waals surface area (Å²) >= 11 is 0. The van der Waals surface area contributed by atoms with Gasteiger partial charge in [0, 0.05) is 19.0 Å². The molecule has 0 N–H and O–H groups in total. The van der Waals surface area contributed by atoms with Crippen molar-refractivity contribution in [2.75, 3.05) is 34.0 Å². The van der Waals surface area contributed by atoms with Crippen LogP contribution in [0.2, 0.25) is 0 Å². The van der Waals surface area contributed by atoms with Crippen molar-refractivity contribution in [3.63, 3.8) is 0 Å². The van der Waals surface area contributed by atoms with Crippen LogP contribution in [0.4, 0.5) is 0 Å². The molecule has 2 heterocycles. The lowest BCUT2D eigenvalue weighted by molar-refractivity contribution is -0.132. The number of carbonyl (C=O) groups is 1. The molecule has 2 aliphatic rings. The molecule has 1 unspecified atom stereocenters. The van der Waals surface area contributed by atoms with Crippen LogP contribution in [0.25, 0.3) is 0 Å². The van der Waals surface area contributed by atoms with Gasteiger partial charge in [-0.3, -0.25) is 4.79 Å². The molecule has 4 rings (SSSR count). The number of rotatable bonds is 6. The second-order valence-corrected chi connectivity index (χ2v) is 7.37. The summed E-state index contributed by atoms with van der Waals surface area (Å²) in [4.78, 5) is 15.0. The number of benzene rings is 2. The molecule has 2 aromatic rings. The third-order valence-corrected chi connectivity index (χ3v) is 5.56. The van der Waals surface area contributed by atoms with Crippen LogP contribution in [0.5, 0.6) is 23.0 Å². The summed E-state index contributed by atoms with van der Waals surface area (Å²) in [7, 11) is 3.26. The molecule has 0 aromatic heterocycles. The van der Waals surface area contributed by atoms with E-state index in [-0.39, 0.29) is 11.9 Å². The second kappa shape index (κ2) is 8.64. The molecule has 0 aliphatic carbocycles. The maximum atomic E-state index is 13.0. The Bertz CT molecular complexity index is 859. The Labute approximate surface area is 171 Å². The fraction of sp³-hybridized carbons (Fsp3) is 0.435. The van der Waals surface area contributed by atoms with Crippen LogP contribution >= 0.6 is 0 Å². The highest BCUT2D eigenvalue weighted by Crippen LogP contribution is 2.38. The van der Waals surface area contributed by atoms with Gasteiger partial charge in [0.2, 0.25) is 5.91 Å². The molecule has 6 nitrogen and oxygen atoms in total. The Balaban J connectivity index is 1.44. The van der Waals surface area contributed by atoms with Crippen molar-refractivity contribution >= 4 is 5.91 Å². The summed E-state index contributed by atoms with van der Waals surface area (Å²) in [6.07, 6.45) is 3.09. The standard InChI is InChI=1S/C23H27NO5/c1-26-18-12-16(13-19(15-18)27-2)5-8-23(25)24-9-3-4-20(24)17-6-7-21-22(14-17)29-11-10-28-21/h6-7,12-15,20H,3-5,8-11H2,1-2H3. The normalized spacial score (nSPS) is 17.9. The van der Waals surface area contributed by atoms with E-state index in [1.165, 1.54) is 0 Å². The number of nitrogens with zero attached hydrogens (tertiary/aromatic N) is 1. The number of aryl methyl sites for hydroxylation is 1. The predicted octanol–water partition coefficient (Wildman–Crippen LogP) is 3.77. The fourth-order valence-corrected chi connectivity index (χ4v) is 4.08. The van der Waals surface area contributed by atoms with E-state index >= 15 is 0 Å². The Morgan fingerprint density at radius 2 is 1.76 bits per heavy atom. The van der Waals surface area contributed by atoms with E-state index in [2.05, 4.69) is 6.07 Å². The van der Waals surface area contributed by atoms with E-state index in [1.54, 1.807) is 14.2 Å². The summed E-state index contributed by atoms with van der Waals surface area (Å²) in [6.45, 7) is 1.93. The highest BCUT2D eigenvalue weighted by atomic mass is 16.6. The summed E-state index contributed by atoms with van der Waals surface area (Å²) in [5.74, 6) is 3.20. The Kier molecular flexibility index (Phi) is 5.79. The third kappa shape index (κ3) is 4.26. The molecule has 29 heavy (non-hydrogen) atoms. The topological polar surface area (TPSA) is 57.2 Å². The van der Waals surface area contributed by atoms with E-state index in [0.717, 1.165) is 53.5 Å². The fourth-order valence-electron chi connectivity index (χ4n) is 4.08. The maximum Gasteiger partial charge on any atom is 0.223 e. The van der Waals surface area contributed by atoms with Gasteiger partial charge in [0.25, 0.3) is 0 Å². The predicted molar refractivity (Wildman–Crippen MR) is 109 cm³/mol. The van der Waals surface area contributed by atoms with E-state index in [0.29, 0.717) is 26.1 Å². The third-order valence-electron chi connectivity index (χ3n) is 5.56. The molecule has 154 valence electrons. The van der Waals surface area contributed by atoms with Gasteiger partial charge in [0.05, 0.1) is 20.3 Å². The first-order chi connectivity index (χ1) is 14.2. The number of hydrogen-bond acceptors (Lipinski definition) is 5. The van der Waals surface area contributed by atoms with Gasteiger partial charge >= 0.3 is 0 Å². The molecule has 1 saturated heterocycles. The summed E-state index contributed by atoms with van der Waals surface area (Å²) in [5, 5.41) is 0. The van der Waals surface area contributed by atoms with E-state index in [9.17, 15) is 4.79 Å². The molecular formula is C23H27NO5. The van der Waals surface area contributed by atoms with Crippen molar-refractivity contribution in [3.05, 3.63) is 47.5 Å². The number of hydrogen-bond donors (Lipinski definition) is 0. The number of carbonyl (C=O) groups excluding carboxylic acids is 1. The molecule has 0 radical (unpaired) electrons. The molecule has 1 atom stereocenters. The highest BCUT2D eigenvalue weighted by Gasteiger charge is 2.30. The number of amides is 1. The average Bonchev–Trinajstić information content (AvgIpc) is 3.27. The van der Waals surface area contributed by atoms with Crippen molar-refractivity contribution in [1.29, 1.82) is 0 Å². The lowest BCUT2D eigenvalue weighted by Crippen LogP contribution is -2.30. The SMILES string of the molecule is COc1cc(CCC(=O)N2CCCC2c2ccc3c(c2)OCCO3)cc(OC)c1. The van der Waals surface area contributed by atoms with Crippen LogP contribution in [0.3, 0.4) is 0 Å². The number of methoxy groups -OCH3 is 2. The van der Waals surface area contributed by atoms with Gasteiger partial charge in [-0.25, -0.2) is 0 Å². The van der Waals surface area contributed by atoms with E-state index in [1.807, 2.05) is 35.2 Å². The van der Waals surface area contributed by atoms with Crippen molar-refractivity contribution in [2.24, 2.45) is 0 Å². The van der Waals surface area contributed by atoms with Crippen molar-refractivity contribution < 1.29 is 23.7 Å². The lowest BCUT2D eigenvalue weighted by atomic mass is 10.0. The zero-order chi connectivity index (χ0) is 20.2. The Morgan fingerprint density at radius 1 is 1.03 bits per heavy atom. The first-order valence-corrected chi connectivity index (χ1v) is 10.1. The molecular weight excluding hydrogens is 370 g/mol. The van der Waals surface area contributed by atoms with Crippen LogP contribution in [-0.2, 0) is 11.2 Å². The largest absolute Gasteiger partial charge is 0.497 e.